The van der Waals surface area contributed by atoms with Gasteiger partial charge in [0.25, 0.3) is 0 Å². The molecule has 1 fully saturated rings. The number of ether oxygens (including phenoxy) is 1. The second-order valence-electron chi connectivity index (χ2n) is 13.4. The Morgan fingerprint density at radius 3 is 2.30 bits per heavy atom. The Hall–Kier alpha value is -2.25. The fraction of sp³-hybridized carbons (Fsp3) is 0.727. The van der Waals surface area contributed by atoms with E-state index in [1.165, 1.54) is 18.5 Å². The van der Waals surface area contributed by atoms with Crippen LogP contribution in [0.2, 0.25) is 0 Å². The van der Waals surface area contributed by atoms with Crippen molar-refractivity contribution in [2.45, 2.75) is 94.2 Å². The van der Waals surface area contributed by atoms with Crippen molar-refractivity contribution in [1.82, 2.24) is 9.88 Å². The minimum absolute atomic E-state index is 0.136. The molecule has 0 saturated carbocycles. The van der Waals surface area contributed by atoms with E-state index >= 15 is 0 Å². The maximum absolute atomic E-state index is 6.29. The number of piperazine rings is 1. The van der Waals surface area contributed by atoms with Crippen LogP contribution in [-0.2, 0) is 4.74 Å². The molecule has 2 aromatic rings. The van der Waals surface area contributed by atoms with E-state index in [4.69, 9.17) is 10.5 Å². The molecule has 0 bridgehead atoms. The van der Waals surface area contributed by atoms with Crippen LogP contribution < -0.4 is 21.3 Å². The highest BCUT2D eigenvalue weighted by Gasteiger charge is 2.28. The predicted molar refractivity (Wildman–Crippen MR) is 175 cm³/mol. The van der Waals surface area contributed by atoms with Gasteiger partial charge in [-0.1, -0.05) is 75.2 Å². The van der Waals surface area contributed by atoms with Gasteiger partial charge in [0, 0.05) is 49.2 Å². The molecule has 7 nitrogen and oxygen atoms in total. The zero-order valence-electron chi connectivity index (χ0n) is 27.0. The summed E-state index contributed by atoms with van der Waals surface area (Å²) in [4.78, 5) is 9.78. The molecular weight excluding hydrogens is 496 g/mol. The van der Waals surface area contributed by atoms with E-state index in [1.54, 1.807) is 0 Å². The lowest BCUT2D eigenvalue weighted by molar-refractivity contribution is -0.00459. The topological polar surface area (TPSA) is 78.7 Å². The molecule has 2 aliphatic rings. The summed E-state index contributed by atoms with van der Waals surface area (Å²) in [5, 5.41) is 8.32. The lowest BCUT2D eigenvalue weighted by atomic mass is 9.83. The first kappa shape index (κ1) is 32.3. The van der Waals surface area contributed by atoms with Crippen LogP contribution in [0.1, 0.15) is 88.0 Å². The SMILES string of the molecule is CC.CCCC1Nc2c(N)nc3ccc(N4CCN(CC(C)(C)COCC(C)(C)CC(C)CC)CC4)cc3c2N1. The van der Waals surface area contributed by atoms with E-state index in [-0.39, 0.29) is 17.0 Å². The highest BCUT2D eigenvalue weighted by Crippen LogP contribution is 2.41. The van der Waals surface area contributed by atoms with Crippen LogP contribution in [0.4, 0.5) is 22.9 Å². The standard InChI is InChI=1S/C31H52N6O.C2H6/c1-8-10-26-34-27-24-17-23(11-12-25(24)33-29(32)28(27)35-26)37-15-13-36(14-16-37)19-31(6,7)21-38-20-30(4,5)18-22(3)9-2;1-2/h11-12,17,22,26,34-35H,8-10,13-16,18-21H2,1-7H3,(H2,32,33);1-2H3. The van der Waals surface area contributed by atoms with Crippen molar-refractivity contribution in [3.8, 4) is 0 Å². The Bertz CT molecular complexity index is 1080. The summed E-state index contributed by atoms with van der Waals surface area (Å²) in [6, 6.07) is 6.60. The van der Waals surface area contributed by atoms with Gasteiger partial charge in [-0.2, -0.15) is 0 Å². The summed E-state index contributed by atoms with van der Waals surface area (Å²) >= 11 is 0. The molecule has 1 aromatic heterocycles. The van der Waals surface area contributed by atoms with Crippen molar-refractivity contribution in [2.24, 2.45) is 16.7 Å². The van der Waals surface area contributed by atoms with Crippen molar-refractivity contribution < 1.29 is 4.74 Å². The summed E-state index contributed by atoms with van der Waals surface area (Å²) in [5.74, 6) is 1.33. The minimum Gasteiger partial charge on any atom is -0.382 e. The number of fused-ring (bicyclic) bond motifs is 3. The number of rotatable bonds is 12. The maximum atomic E-state index is 6.29. The van der Waals surface area contributed by atoms with Crippen LogP contribution in [0.25, 0.3) is 10.9 Å². The molecule has 1 aromatic carbocycles. The molecule has 40 heavy (non-hydrogen) atoms. The van der Waals surface area contributed by atoms with Gasteiger partial charge >= 0.3 is 0 Å². The van der Waals surface area contributed by atoms with Crippen molar-refractivity contribution in [3.05, 3.63) is 18.2 Å². The molecule has 0 aliphatic carbocycles. The highest BCUT2D eigenvalue weighted by atomic mass is 16.5. The summed E-state index contributed by atoms with van der Waals surface area (Å²) in [6.45, 7) is 27.1. The molecule has 1 saturated heterocycles. The fourth-order valence-corrected chi connectivity index (χ4v) is 6.15. The summed E-state index contributed by atoms with van der Waals surface area (Å²) in [7, 11) is 0. The van der Waals surface area contributed by atoms with Crippen molar-refractivity contribution in [1.29, 1.82) is 0 Å². The monoisotopic (exact) mass is 554 g/mol. The summed E-state index contributed by atoms with van der Waals surface area (Å²) in [6.07, 6.45) is 4.84. The molecular formula is C33H58N6O. The molecule has 226 valence electrons. The fourth-order valence-electron chi connectivity index (χ4n) is 6.15. The molecule has 2 atom stereocenters. The van der Waals surface area contributed by atoms with E-state index in [9.17, 15) is 0 Å². The normalized spacial score (nSPS) is 18.5. The highest BCUT2D eigenvalue weighted by molar-refractivity contribution is 6.04. The molecule has 4 N–H and O–H groups in total. The van der Waals surface area contributed by atoms with E-state index in [2.05, 4.69) is 92.1 Å². The van der Waals surface area contributed by atoms with Crippen LogP contribution >= 0.6 is 0 Å². The van der Waals surface area contributed by atoms with Crippen LogP contribution in [0, 0.1) is 16.7 Å². The van der Waals surface area contributed by atoms with E-state index in [1.807, 2.05) is 13.8 Å². The molecule has 0 spiro atoms. The zero-order chi connectivity index (χ0) is 29.5. The molecule has 7 heteroatoms. The lowest BCUT2D eigenvalue weighted by Gasteiger charge is -2.40. The average Bonchev–Trinajstić information content (AvgIpc) is 3.34. The first-order chi connectivity index (χ1) is 19.0. The Labute approximate surface area is 244 Å². The molecule has 2 aliphatic heterocycles. The number of anilines is 4. The van der Waals surface area contributed by atoms with Crippen molar-refractivity contribution in [2.75, 3.05) is 67.2 Å². The van der Waals surface area contributed by atoms with Gasteiger partial charge in [-0.15, -0.1) is 0 Å². The van der Waals surface area contributed by atoms with Gasteiger partial charge in [0.2, 0.25) is 0 Å². The number of hydrogen-bond acceptors (Lipinski definition) is 7. The number of nitrogens with two attached hydrogens (primary N) is 1. The first-order valence-electron chi connectivity index (χ1n) is 15.8. The summed E-state index contributed by atoms with van der Waals surface area (Å²) < 4.78 is 6.29. The number of pyridine rings is 1. The molecule has 4 rings (SSSR count). The van der Waals surface area contributed by atoms with E-state index in [0.717, 1.165) is 87.0 Å². The van der Waals surface area contributed by atoms with Gasteiger partial charge < -0.3 is 26.0 Å². The first-order valence-corrected chi connectivity index (χ1v) is 15.8. The molecule has 0 amide bonds. The van der Waals surface area contributed by atoms with Crippen molar-refractivity contribution >= 4 is 33.8 Å². The third-order valence-corrected chi connectivity index (χ3v) is 8.18. The number of nitrogen functional groups attached to an aromatic ring is 1. The van der Waals surface area contributed by atoms with Gasteiger partial charge in [-0.3, -0.25) is 4.90 Å². The molecule has 3 heterocycles. The number of aromatic nitrogens is 1. The summed E-state index contributed by atoms with van der Waals surface area (Å²) in [5.41, 5.74) is 10.9. The number of nitrogens with one attached hydrogen (secondary N) is 2. The zero-order valence-corrected chi connectivity index (χ0v) is 27.0. The van der Waals surface area contributed by atoms with Gasteiger partial charge in [-0.05, 0) is 42.4 Å². The molecule has 2 unspecified atom stereocenters. The quantitative estimate of drug-likeness (QED) is 0.252. The second-order valence-corrected chi connectivity index (χ2v) is 13.4. The van der Waals surface area contributed by atoms with Crippen LogP contribution in [0.15, 0.2) is 18.2 Å². The van der Waals surface area contributed by atoms with E-state index < -0.39 is 0 Å². The number of benzene rings is 1. The largest absolute Gasteiger partial charge is 0.382 e. The van der Waals surface area contributed by atoms with Crippen molar-refractivity contribution in [3.63, 3.8) is 0 Å². The Morgan fingerprint density at radius 2 is 1.65 bits per heavy atom. The third kappa shape index (κ3) is 8.39. The smallest absolute Gasteiger partial charge is 0.149 e. The van der Waals surface area contributed by atoms with Gasteiger partial charge in [0.05, 0.1) is 30.6 Å². The predicted octanol–water partition coefficient (Wildman–Crippen LogP) is 7.43. The Morgan fingerprint density at radius 1 is 1.00 bits per heavy atom. The van der Waals surface area contributed by atoms with Gasteiger partial charge in [0.15, 0.2) is 0 Å². The number of nitrogens with zero attached hydrogens (tertiary/aromatic N) is 3. The average molecular weight is 555 g/mol. The van der Waals surface area contributed by atoms with Crippen LogP contribution in [0.3, 0.4) is 0 Å². The van der Waals surface area contributed by atoms with E-state index in [0.29, 0.717) is 5.82 Å². The maximum Gasteiger partial charge on any atom is 0.149 e. The Kier molecular flexibility index (Phi) is 11.4. The Balaban J connectivity index is 0.00000216. The lowest BCUT2D eigenvalue weighted by Crippen LogP contribution is -2.49. The molecule has 0 radical (unpaired) electrons. The van der Waals surface area contributed by atoms with Crippen LogP contribution in [-0.4, -0.2) is 62.0 Å². The minimum atomic E-state index is 0.136. The van der Waals surface area contributed by atoms with Crippen LogP contribution in [0.5, 0.6) is 0 Å². The number of hydrogen-bond donors (Lipinski definition) is 3. The second kappa shape index (κ2) is 14.1. The third-order valence-electron chi connectivity index (χ3n) is 8.18. The van der Waals surface area contributed by atoms with Gasteiger partial charge in [-0.25, -0.2) is 4.98 Å². The van der Waals surface area contributed by atoms with Gasteiger partial charge in [0.1, 0.15) is 11.5 Å².